The van der Waals surface area contributed by atoms with Crippen LogP contribution in [0.15, 0.2) is 49.1 Å². The van der Waals surface area contributed by atoms with E-state index in [1.165, 1.54) is 0 Å². The standard InChI is InChI=1S/C14H15N2O2.2ClH/c1-15-7-2-12(3-8-15)13-4-9-16(10-5-13)11-6-14(17)18;;/h2-5,7-10H,6,11H2,1H3;2*1H/q+1;;/p-1. The van der Waals surface area contributed by atoms with Crippen LogP contribution in [0.25, 0.3) is 11.1 Å². The molecule has 2 rings (SSSR count). The van der Waals surface area contributed by atoms with Crippen molar-refractivity contribution in [3.8, 4) is 11.1 Å². The first-order valence-corrected chi connectivity index (χ1v) is 5.82. The number of halogens is 2. The molecule has 0 aromatic carbocycles. The Morgan fingerprint density at radius 1 is 1.00 bits per heavy atom. The van der Waals surface area contributed by atoms with Crippen molar-refractivity contribution < 1.29 is 43.8 Å². The number of hydrogen-bond donors (Lipinski definition) is 1. The van der Waals surface area contributed by atoms with Crippen LogP contribution >= 0.6 is 0 Å². The fourth-order valence-corrected chi connectivity index (χ4v) is 1.72. The number of nitrogens with zero attached hydrogens (tertiary/aromatic N) is 2. The molecule has 0 bridgehead atoms. The lowest BCUT2D eigenvalue weighted by Gasteiger charge is -1.99. The fraction of sp³-hybridized carbons (Fsp3) is 0.214. The highest BCUT2D eigenvalue weighted by molar-refractivity contribution is 5.66. The third-order valence-corrected chi connectivity index (χ3v) is 2.79. The minimum Gasteiger partial charge on any atom is -1.00 e. The van der Waals surface area contributed by atoms with Gasteiger partial charge in [-0.05, 0) is 11.1 Å². The number of carbonyl (C=O) groups is 1. The van der Waals surface area contributed by atoms with E-state index in [0.717, 1.165) is 11.1 Å². The molecule has 1 N–H and O–H groups in total. The molecule has 0 amide bonds. The number of carboxylic acids is 1. The highest BCUT2D eigenvalue weighted by Crippen LogP contribution is 2.15. The molecule has 0 aliphatic rings. The van der Waals surface area contributed by atoms with Crippen LogP contribution in [0.4, 0.5) is 0 Å². The summed E-state index contributed by atoms with van der Waals surface area (Å²) >= 11 is 0. The number of rotatable bonds is 4. The summed E-state index contributed by atoms with van der Waals surface area (Å²) in [6.45, 7) is 0.499. The number of aliphatic carboxylic acids is 1. The van der Waals surface area contributed by atoms with Crippen molar-refractivity contribution in [3.63, 3.8) is 0 Å². The zero-order valence-electron chi connectivity index (χ0n) is 11.0. The molecule has 0 aliphatic heterocycles. The van der Waals surface area contributed by atoms with Crippen molar-refractivity contribution in [3.05, 3.63) is 49.1 Å². The maximum Gasteiger partial charge on any atom is 0.309 e. The monoisotopic (exact) mass is 314 g/mol. The summed E-state index contributed by atoms with van der Waals surface area (Å²) in [5, 5.41) is 8.62. The van der Waals surface area contributed by atoms with E-state index in [1.54, 1.807) is 0 Å². The highest BCUT2D eigenvalue weighted by atomic mass is 35.5. The van der Waals surface area contributed by atoms with Crippen LogP contribution in [0.2, 0.25) is 0 Å². The van der Waals surface area contributed by atoms with Gasteiger partial charge in [-0.2, -0.15) is 0 Å². The van der Waals surface area contributed by atoms with Crippen molar-refractivity contribution in [1.82, 2.24) is 0 Å². The zero-order valence-corrected chi connectivity index (χ0v) is 12.6. The molecule has 2 aromatic heterocycles. The SMILES string of the molecule is C[n+]1ccc(-c2cc[n+](CCC(=O)O)cc2)cc1.[Cl-].[Cl-]. The maximum atomic E-state index is 10.5. The van der Waals surface area contributed by atoms with Gasteiger partial charge >= 0.3 is 5.97 Å². The molecular weight excluding hydrogens is 299 g/mol. The van der Waals surface area contributed by atoms with E-state index in [4.69, 9.17) is 5.11 Å². The van der Waals surface area contributed by atoms with Gasteiger partial charge < -0.3 is 29.9 Å². The quantitative estimate of drug-likeness (QED) is 0.574. The molecule has 4 nitrogen and oxygen atoms in total. The number of carboxylic acid groups (broad SMARTS) is 1. The molecule has 2 heterocycles. The predicted molar refractivity (Wildman–Crippen MR) is 65.5 cm³/mol. The Kier molecular flexibility index (Phi) is 7.80. The maximum absolute atomic E-state index is 10.5. The van der Waals surface area contributed by atoms with Gasteiger partial charge in [-0.3, -0.25) is 4.79 Å². The van der Waals surface area contributed by atoms with Crippen LogP contribution < -0.4 is 33.9 Å². The average molecular weight is 315 g/mol. The third kappa shape index (κ3) is 5.15. The van der Waals surface area contributed by atoms with E-state index in [1.807, 2.05) is 53.1 Å². The molecule has 0 saturated heterocycles. The van der Waals surface area contributed by atoms with Crippen molar-refractivity contribution in [1.29, 1.82) is 0 Å². The summed E-state index contributed by atoms with van der Waals surface area (Å²) in [7, 11) is 1.98. The van der Waals surface area contributed by atoms with Gasteiger partial charge in [-0.1, -0.05) is 0 Å². The average Bonchev–Trinajstić information content (AvgIpc) is 2.38. The second kappa shape index (κ2) is 8.51. The van der Waals surface area contributed by atoms with Crippen LogP contribution in [0, 0.1) is 0 Å². The first kappa shape index (κ1) is 18.4. The molecule has 0 fully saturated rings. The van der Waals surface area contributed by atoms with Crippen LogP contribution in [0.3, 0.4) is 0 Å². The third-order valence-electron chi connectivity index (χ3n) is 2.79. The predicted octanol–water partition coefficient (Wildman–Crippen LogP) is -5.05. The zero-order chi connectivity index (χ0) is 13.0. The Balaban J connectivity index is 0.00000180. The van der Waals surface area contributed by atoms with E-state index in [0.29, 0.717) is 6.54 Å². The first-order valence-electron chi connectivity index (χ1n) is 5.82. The molecule has 108 valence electrons. The molecule has 0 unspecified atom stereocenters. The lowest BCUT2D eigenvalue weighted by molar-refractivity contribution is -0.695. The van der Waals surface area contributed by atoms with Gasteiger partial charge in [0.2, 0.25) is 0 Å². The smallest absolute Gasteiger partial charge is 0.309 e. The normalized spacial score (nSPS) is 9.25. The topological polar surface area (TPSA) is 45.1 Å². The van der Waals surface area contributed by atoms with Crippen molar-refractivity contribution in [2.75, 3.05) is 0 Å². The van der Waals surface area contributed by atoms with Gasteiger partial charge in [-0.15, -0.1) is 0 Å². The number of aromatic nitrogens is 2. The Morgan fingerprint density at radius 2 is 1.45 bits per heavy atom. The van der Waals surface area contributed by atoms with Crippen LogP contribution in [-0.4, -0.2) is 11.1 Å². The summed E-state index contributed by atoms with van der Waals surface area (Å²) in [6.07, 6.45) is 7.96. The summed E-state index contributed by atoms with van der Waals surface area (Å²) in [6, 6.07) is 8.10. The molecular formula is C14H16Cl2N2O2. The molecule has 0 saturated carbocycles. The summed E-state index contributed by atoms with van der Waals surface area (Å²) in [4.78, 5) is 10.5. The van der Waals surface area contributed by atoms with Crippen LogP contribution in [0.1, 0.15) is 6.42 Å². The number of pyridine rings is 2. The Labute approximate surface area is 130 Å². The molecule has 0 spiro atoms. The fourth-order valence-electron chi connectivity index (χ4n) is 1.72. The summed E-state index contributed by atoms with van der Waals surface area (Å²) in [5.41, 5.74) is 2.28. The summed E-state index contributed by atoms with van der Waals surface area (Å²) in [5.74, 6) is -0.776. The molecule has 0 aliphatic carbocycles. The van der Waals surface area contributed by atoms with Crippen LogP contribution in [0.5, 0.6) is 0 Å². The largest absolute Gasteiger partial charge is 1.00 e. The van der Waals surface area contributed by atoms with E-state index in [9.17, 15) is 4.79 Å². The first-order chi connectivity index (χ1) is 8.65. The molecule has 6 heteroatoms. The Bertz CT molecular complexity index is 542. The van der Waals surface area contributed by atoms with E-state index in [-0.39, 0.29) is 31.2 Å². The van der Waals surface area contributed by atoms with Gasteiger partial charge in [0.1, 0.15) is 13.5 Å². The Morgan fingerprint density at radius 3 is 1.90 bits per heavy atom. The minimum atomic E-state index is -0.776. The lowest BCUT2D eigenvalue weighted by atomic mass is 10.1. The van der Waals surface area contributed by atoms with Gasteiger partial charge in [-0.25, -0.2) is 9.13 Å². The molecule has 0 radical (unpaired) electrons. The number of aryl methyl sites for hydroxylation is 2. The van der Waals surface area contributed by atoms with Crippen molar-refractivity contribution in [2.45, 2.75) is 13.0 Å². The van der Waals surface area contributed by atoms with Gasteiger partial charge in [0.05, 0.1) is 0 Å². The van der Waals surface area contributed by atoms with Crippen LogP contribution in [-0.2, 0) is 18.4 Å². The van der Waals surface area contributed by atoms with Gasteiger partial charge in [0.15, 0.2) is 31.3 Å². The molecule has 0 atom stereocenters. The molecule has 20 heavy (non-hydrogen) atoms. The van der Waals surface area contributed by atoms with E-state index < -0.39 is 5.97 Å². The number of hydrogen-bond acceptors (Lipinski definition) is 1. The van der Waals surface area contributed by atoms with Gasteiger partial charge in [0.25, 0.3) is 0 Å². The van der Waals surface area contributed by atoms with Gasteiger partial charge in [0, 0.05) is 24.3 Å². The Hall–Kier alpha value is -1.65. The second-order valence-corrected chi connectivity index (χ2v) is 4.22. The van der Waals surface area contributed by atoms with E-state index >= 15 is 0 Å². The molecule has 2 aromatic rings. The summed E-state index contributed by atoms with van der Waals surface area (Å²) < 4.78 is 3.86. The lowest BCUT2D eigenvalue weighted by Crippen LogP contribution is -3.00. The van der Waals surface area contributed by atoms with Crippen molar-refractivity contribution >= 4 is 5.97 Å². The second-order valence-electron chi connectivity index (χ2n) is 4.22. The van der Waals surface area contributed by atoms with E-state index in [2.05, 4.69) is 12.1 Å². The highest BCUT2D eigenvalue weighted by Gasteiger charge is 2.06. The minimum absolute atomic E-state index is 0. The van der Waals surface area contributed by atoms with Crippen molar-refractivity contribution in [2.24, 2.45) is 7.05 Å².